The van der Waals surface area contributed by atoms with E-state index in [0.717, 1.165) is 22.0 Å². The summed E-state index contributed by atoms with van der Waals surface area (Å²) in [6.07, 6.45) is 0. The number of nitrogens with zero attached hydrogens (tertiary/aromatic N) is 3. The van der Waals surface area contributed by atoms with E-state index in [0.29, 0.717) is 16.7 Å². The molecule has 5 aromatic rings. The largest absolute Gasteiger partial charge is 0.462 e. The lowest BCUT2D eigenvalue weighted by Gasteiger charge is -2.11. The Labute approximate surface area is 166 Å². The Hall–Kier alpha value is -3.93. The zero-order chi connectivity index (χ0) is 20.0. The number of nitrogens with two attached hydrogens (primary N) is 1. The molecular formula is C23H18N4O2. The van der Waals surface area contributed by atoms with Crippen molar-refractivity contribution in [1.82, 2.24) is 14.5 Å². The molecule has 3 aromatic carbocycles. The van der Waals surface area contributed by atoms with Crippen molar-refractivity contribution in [2.24, 2.45) is 0 Å². The van der Waals surface area contributed by atoms with E-state index >= 15 is 0 Å². The normalized spacial score (nSPS) is 11.3. The minimum absolute atomic E-state index is 0.244. The molecule has 0 aliphatic heterocycles. The number of fused-ring (bicyclic) bond motifs is 3. The fraction of sp³-hybridized carbons (Fsp3) is 0.0870. The van der Waals surface area contributed by atoms with Crippen LogP contribution in [0, 0.1) is 0 Å². The van der Waals surface area contributed by atoms with Gasteiger partial charge in [0.2, 0.25) is 0 Å². The zero-order valence-corrected chi connectivity index (χ0v) is 15.8. The second-order valence-electron chi connectivity index (χ2n) is 6.70. The highest BCUT2D eigenvalue weighted by atomic mass is 16.5. The third kappa shape index (κ3) is 2.61. The lowest BCUT2D eigenvalue weighted by molar-refractivity contribution is 0.0529. The summed E-state index contributed by atoms with van der Waals surface area (Å²) in [6.45, 7) is 2.01. The Morgan fingerprint density at radius 1 is 0.966 bits per heavy atom. The minimum Gasteiger partial charge on any atom is -0.462 e. The van der Waals surface area contributed by atoms with Crippen LogP contribution in [0.15, 0.2) is 66.7 Å². The van der Waals surface area contributed by atoms with Gasteiger partial charge >= 0.3 is 5.97 Å². The number of aromatic nitrogens is 3. The molecule has 0 saturated heterocycles. The van der Waals surface area contributed by atoms with Crippen molar-refractivity contribution in [3.63, 3.8) is 0 Å². The first-order valence-corrected chi connectivity index (χ1v) is 9.41. The van der Waals surface area contributed by atoms with Crippen LogP contribution in [-0.2, 0) is 4.74 Å². The SMILES string of the molecule is CCOC(=O)c1c(N)n(-c2cccc3ccccc23)c2nc3ccccc3nc12. The van der Waals surface area contributed by atoms with Crippen molar-refractivity contribution in [3.8, 4) is 5.69 Å². The number of carbonyl (C=O) groups is 1. The number of esters is 1. The minimum atomic E-state index is -0.501. The number of rotatable bonds is 3. The first kappa shape index (κ1) is 17.2. The summed E-state index contributed by atoms with van der Waals surface area (Å²) in [7, 11) is 0. The van der Waals surface area contributed by atoms with Crippen LogP contribution >= 0.6 is 0 Å². The molecule has 0 amide bonds. The smallest absolute Gasteiger partial charge is 0.344 e. The van der Waals surface area contributed by atoms with Gasteiger partial charge in [0.1, 0.15) is 16.9 Å². The first-order valence-electron chi connectivity index (χ1n) is 9.41. The number of para-hydroxylation sites is 2. The van der Waals surface area contributed by atoms with Gasteiger partial charge < -0.3 is 10.5 Å². The van der Waals surface area contributed by atoms with Crippen molar-refractivity contribution in [2.75, 3.05) is 12.3 Å². The summed E-state index contributed by atoms with van der Waals surface area (Å²) in [6, 6.07) is 21.5. The Morgan fingerprint density at radius 3 is 2.45 bits per heavy atom. The molecule has 5 rings (SSSR count). The van der Waals surface area contributed by atoms with Gasteiger partial charge in [0.15, 0.2) is 5.65 Å². The Kier molecular flexibility index (Phi) is 3.91. The Morgan fingerprint density at radius 2 is 1.66 bits per heavy atom. The van der Waals surface area contributed by atoms with Crippen molar-refractivity contribution < 1.29 is 9.53 Å². The molecule has 0 fully saturated rings. The van der Waals surface area contributed by atoms with Crippen LogP contribution in [-0.4, -0.2) is 27.1 Å². The molecule has 0 aliphatic rings. The van der Waals surface area contributed by atoms with Crippen molar-refractivity contribution in [3.05, 3.63) is 72.3 Å². The summed E-state index contributed by atoms with van der Waals surface area (Å²) < 4.78 is 7.06. The standard InChI is InChI=1S/C23H18N4O2/c1-2-29-23(28)19-20-22(26-17-12-6-5-11-16(17)25-20)27(21(19)24)18-13-7-9-14-8-3-4-10-15(14)18/h3-13H,2,24H2,1H3. The Balaban J connectivity index is 1.93. The summed E-state index contributed by atoms with van der Waals surface area (Å²) in [4.78, 5) is 22.2. The maximum absolute atomic E-state index is 12.7. The van der Waals surface area contributed by atoms with E-state index in [2.05, 4.69) is 0 Å². The monoisotopic (exact) mass is 382 g/mol. The number of hydrogen-bond acceptors (Lipinski definition) is 5. The third-order valence-electron chi connectivity index (χ3n) is 4.98. The van der Waals surface area contributed by atoms with Crippen LogP contribution in [0.2, 0.25) is 0 Å². The van der Waals surface area contributed by atoms with Gasteiger partial charge in [-0.25, -0.2) is 14.8 Å². The molecule has 0 unspecified atom stereocenters. The molecule has 0 saturated carbocycles. The van der Waals surface area contributed by atoms with Gasteiger partial charge in [0.05, 0.1) is 23.3 Å². The fourth-order valence-electron chi connectivity index (χ4n) is 3.71. The number of hydrogen-bond donors (Lipinski definition) is 1. The zero-order valence-electron chi connectivity index (χ0n) is 15.8. The van der Waals surface area contributed by atoms with Crippen LogP contribution in [0.25, 0.3) is 38.7 Å². The van der Waals surface area contributed by atoms with Gasteiger partial charge in [0.25, 0.3) is 0 Å². The van der Waals surface area contributed by atoms with Crippen LogP contribution in [0.3, 0.4) is 0 Å². The van der Waals surface area contributed by atoms with E-state index in [1.807, 2.05) is 66.7 Å². The lowest BCUT2D eigenvalue weighted by Crippen LogP contribution is -2.09. The van der Waals surface area contributed by atoms with E-state index in [1.54, 1.807) is 11.5 Å². The van der Waals surface area contributed by atoms with E-state index < -0.39 is 5.97 Å². The fourth-order valence-corrected chi connectivity index (χ4v) is 3.71. The average Bonchev–Trinajstić information content (AvgIpc) is 3.02. The van der Waals surface area contributed by atoms with Gasteiger partial charge in [-0.3, -0.25) is 4.57 Å². The molecule has 6 nitrogen and oxygen atoms in total. The van der Waals surface area contributed by atoms with Crippen LogP contribution < -0.4 is 5.73 Å². The maximum atomic E-state index is 12.7. The number of anilines is 1. The molecule has 29 heavy (non-hydrogen) atoms. The highest BCUT2D eigenvalue weighted by molar-refractivity contribution is 6.09. The van der Waals surface area contributed by atoms with Gasteiger partial charge in [-0.15, -0.1) is 0 Å². The average molecular weight is 382 g/mol. The molecule has 0 bridgehead atoms. The number of carbonyl (C=O) groups excluding carboxylic acids is 1. The third-order valence-corrected chi connectivity index (χ3v) is 4.98. The van der Waals surface area contributed by atoms with Gasteiger partial charge in [0, 0.05) is 5.39 Å². The lowest BCUT2D eigenvalue weighted by atomic mass is 10.1. The molecule has 0 spiro atoms. The van der Waals surface area contributed by atoms with Gasteiger partial charge in [-0.1, -0.05) is 48.5 Å². The second kappa shape index (κ2) is 6.60. The van der Waals surface area contributed by atoms with Gasteiger partial charge in [-0.2, -0.15) is 0 Å². The van der Waals surface area contributed by atoms with E-state index in [9.17, 15) is 4.79 Å². The number of benzene rings is 3. The molecule has 142 valence electrons. The van der Waals surface area contributed by atoms with Crippen molar-refractivity contribution >= 4 is 44.8 Å². The second-order valence-corrected chi connectivity index (χ2v) is 6.70. The quantitative estimate of drug-likeness (QED) is 0.465. The van der Waals surface area contributed by atoms with E-state index in [4.69, 9.17) is 20.4 Å². The van der Waals surface area contributed by atoms with E-state index in [1.165, 1.54) is 0 Å². The first-order chi connectivity index (χ1) is 14.2. The molecule has 2 heterocycles. The summed E-state index contributed by atoms with van der Waals surface area (Å²) in [5, 5.41) is 2.07. The highest BCUT2D eigenvalue weighted by Gasteiger charge is 2.26. The van der Waals surface area contributed by atoms with Crippen LogP contribution in [0.5, 0.6) is 0 Å². The highest BCUT2D eigenvalue weighted by Crippen LogP contribution is 2.34. The van der Waals surface area contributed by atoms with Crippen molar-refractivity contribution in [1.29, 1.82) is 0 Å². The number of nitrogen functional groups attached to an aromatic ring is 1. The molecule has 0 aliphatic carbocycles. The van der Waals surface area contributed by atoms with E-state index in [-0.39, 0.29) is 18.0 Å². The molecule has 6 heteroatoms. The number of ether oxygens (including phenoxy) is 1. The molecule has 0 radical (unpaired) electrons. The summed E-state index contributed by atoms with van der Waals surface area (Å²) in [5.74, 6) is -0.233. The summed E-state index contributed by atoms with van der Waals surface area (Å²) >= 11 is 0. The van der Waals surface area contributed by atoms with Gasteiger partial charge in [-0.05, 0) is 30.5 Å². The molecule has 0 atom stereocenters. The maximum Gasteiger partial charge on any atom is 0.344 e. The molecular weight excluding hydrogens is 364 g/mol. The Bertz CT molecular complexity index is 1400. The molecule has 2 aromatic heterocycles. The predicted molar refractivity (Wildman–Crippen MR) is 114 cm³/mol. The van der Waals surface area contributed by atoms with Crippen LogP contribution in [0.1, 0.15) is 17.3 Å². The van der Waals surface area contributed by atoms with Crippen molar-refractivity contribution in [2.45, 2.75) is 6.92 Å². The predicted octanol–water partition coefficient (Wildman–Crippen LogP) is 4.49. The van der Waals surface area contributed by atoms with Crippen LogP contribution in [0.4, 0.5) is 5.82 Å². The molecule has 2 N–H and O–H groups in total. The topological polar surface area (TPSA) is 83.0 Å². The summed E-state index contributed by atoms with van der Waals surface area (Å²) in [5.41, 5.74) is 9.99.